The average Bonchev–Trinajstić information content (AvgIpc) is 3.23. The van der Waals surface area contributed by atoms with E-state index in [4.69, 9.17) is 4.74 Å². The maximum absolute atomic E-state index is 13.2. The van der Waals surface area contributed by atoms with E-state index in [0.29, 0.717) is 19.7 Å². The summed E-state index contributed by atoms with van der Waals surface area (Å²) in [4.78, 5) is 19.9. The van der Waals surface area contributed by atoms with Crippen molar-refractivity contribution in [3.63, 3.8) is 0 Å². The molecule has 1 aromatic heterocycles. The zero-order valence-corrected chi connectivity index (χ0v) is 24.7. The minimum Gasteiger partial charge on any atom is -0.494 e. The Labute approximate surface area is 239 Å². The molecule has 1 aliphatic rings. The van der Waals surface area contributed by atoms with Crippen LogP contribution in [0.25, 0.3) is 17.0 Å². The van der Waals surface area contributed by atoms with Gasteiger partial charge >= 0.3 is 0 Å². The van der Waals surface area contributed by atoms with Crippen LogP contribution in [-0.2, 0) is 17.8 Å². The normalized spacial score (nSPS) is 14.6. The molecular weight excluding hydrogens is 503 g/mol. The SMILES string of the molecule is CCOc1ccc2c(c1)c(C=CC(=O)N1CCN(CCc3ccc(F)cc3)CC1)c(C)n2CCCN(CC)CC. The molecule has 2 aromatic carbocycles. The first-order valence-corrected chi connectivity index (χ1v) is 14.8. The molecule has 1 fully saturated rings. The number of ether oxygens (including phenoxy) is 1. The number of piperazine rings is 1. The topological polar surface area (TPSA) is 41.0 Å². The molecule has 216 valence electrons. The summed E-state index contributed by atoms with van der Waals surface area (Å²) in [7, 11) is 0. The second kappa shape index (κ2) is 14.5. The molecule has 0 saturated carbocycles. The first kappa shape index (κ1) is 29.8. The molecule has 3 aromatic rings. The van der Waals surface area contributed by atoms with Gasteiger partial charge in [-0.05, 0) is 88.3 Å². The van der Waals surface area contributed by atoms with E-state index in [1.54, 1.807) is 6.08 Å². The van der Waals surface area contributed by atoms with Crippen LogP contribution in [0.5, 0.6) is 5.75 Å². The van der Waals surface area contributed by atoms with E-state index in [0.717, 1.165) is 80.9 Å². The van der Waals surface area contributed by atoms with E-state index in [1.165, 1.54) is 23.3 Å². The summed E-state index contributed by atoms with van der Waals surface area (Å²) in [5, 5.41) is 1.13. The predicted octanol–water partition coefficient (Wildman–Crippen LogP) is 5.62. The van der Waals surface area contributed by atoms with Gasteiger partial charge in [0.05, 0.1) is 6.61 Å². The number of halogens is 1. The highest BCUT2D eigenvalue weighted by atomic mass is 19.1. The average molecular weight is 549 g/mol. The van der Waals surface area contributed by atoms with Crippen LogP contribution in [0.15, 0.2) is 48.5 Å². The van der Waals surface area contributed by atoms with Crippen molar-refractivity contribution in [3.8, 4) is 5.75 Å². The molecule has 1 saturated heterocycles. The zero-order chi connectivity index (χ0) is 28.5. The van der Waals surface area contributed by atoms with Crippen LogP contribution in [0, 0.1) is 12.7 Å². The molecule has 0 bridgehead atoms. The van der Waals surface area contributed by atoms with Gasteiger partial charge < -0.3 is 19.1 Å². The lowest BCUT2D eigenvalue weighted by atomic mass is 10.1. The maximum Gasteiger partial charge on any atom is 0.246 e. The van der Waals surface area contributed by atoms with Gasteiger partial charge in [-0.3, -0.25) is 9.69 Å². The third-order valence-electron chi connectivity index (χ3n) is 8.11. The first-order chi connectivity index (χ1) is 19.4. The molecular formula is C33H45FN4O2. The number of benzene rings is 2. The standard InChI is InChI=1S/C33H45FN4O2/c1-5-35(6-2)18-8-19-38-26(4)30(31-25-29(40-7-3)13-15-32(31)38)14-16-33(39)37-23-21-36(22-24-37)20-17-27-9-11-28(34)12-10-27/h9-16,25H,5-8,17-24H2,1-4H3. The lowest BCUT2D eigenvalue weighted by Crippen LogP contribution is -2.48. The highest BCUT2D eigenvalue weighted by Gasteiger charge is 2.20. The molecule has 40 heavy (non-hydrogen) atoms. The van der Waals surface area contributed by atoms with Crippen molar-refractivity contribution >= 4 is 22.9 Å². The molecule has 2 heterocycles. The maximum atomic E-state index is 13.2. The van der Waals surface area contributed by atoms with Crippen molar-refractivity contribution in [2.45, 2.75) is 47.1 Å². The number of nitrogens with zero attached hydrogens (tertiary/aromatic N) is 4. The summed E-state index contributed by atoms with van der Waals surface area (Å²) in [5.74, 6) is 0.711. The van der Waals surface area contributed by atoms with Gasteiger partial charge in [0.15, 0.2) is 0 Å². The van der Waals surface area contributed by atoms with Crippen LogP contribution in [0.2, 0.25) is 0 Å². The third-order valence-corrected chi connectivity index (χ3v) is 8.11. The predicted molar refractivity (Wildman–Crippen MR) is 162 cm³/mol. The van der Waals surface area contributed by atoms with Crippen molar-refractivity contribution in [3.05, 3.63) is 71.2 Å². The summed E-state index contributed by atoms with van der Waals surface area (Å²) in [6, 6.07) is 13.0. The van der Waals surface area contributed by atoms with Gasteiger partial charge in [-0.1, -0.05) is 26.0 Å². The lowest BCUT2D eigenvalue weighted by Gasteiger charge is -2.34. The number of aromatic nitrogens is 1. The van der Waals surface area contributed by atoms with Crippen LogP contribution in [0.3, 0.4) is 0 Å². The smallest absolute Gasteiger partial charge is 0.246 e. The summed E-state index contributed by atoms with van der Waals surface area (Å²) in [6.45, 7) is 17.4. The molecule has 1 amide bonds. The Morgan fingerprint density at radius 2 is 1.73 bits per heavy atom. The molecule has 6 nitrogen and oxygen atoms in total. The van der Waals surface area contributed by atoms with Gasteiger partial charge in [0.1, 0.15) is 11.6 Å². The fourth-order valence-corrected chi connectivity index (χ4v) is 5.62. The Bertz CT molecular complexity index is 1270. The van der Waals surface area contributed by atoms with Gasteiger partial charge in [0.2, 0.25) is 5.91 Å². The Balaban J connectivity index is 1.41. The molecule has 1 aliphatic heterocycles. The number of hydrogen-bond acceptors (Lipinski definition) is 4. The second-order valence-corrected chi connectivity index (χ2v) is 10.5. The van der Waals surface area contributed by atoms with Crippen LogP contribution in [0.4, 0.5) is 4.39 Å². The van der Waals surface area contributed by atoms with Gasteiger partial charge in [-0.2, -0.15) is 0 Å². The van der Waals surface area contributed by atoms with Crippen LogP contribution in [-0.4, -0.2) is 84.1 Å². The van der Waals surface area contributed by atoms with Crippen molar-refractivity contribution in [1.29, 1.82) is 0 Å². The van der Waals surface area contributed by atoms with Crippen LogP contribution < -0.4 is 4.74 Å². The van der Waals surface area contributed by atoms with Crippen molar-refractivity contribution in [2.75, 3.05) is 59.0 Å². The van der Waals surface area contributed by atoms with Crippen LogP contribution in [0.1, 0.15) is 44.0 Å². The highest BCUT2D eigenvalue weighted by molar-refractivity contribution is 5.98. The van der Waals surface area contributed by atoms with E-state index in [2.05, 4.69) is 47.3 Å². The summed E-state index contributed by atoms with van der Waals surface area (Å²) >= 11 is 0. The number of aryl methyl sites for hydroxylation is 1. The minimum atomic E-state index is -0.200. The third kappa shape index (κ3) is 7.52. The molecule has 0 atom stereocenters. The molecule has 0 aliphatic carbocycles. The van der Waals surface area contributed by atoms with Gasteiger partial charge in [0.25, 0.3) is 0 Å². The van der Waals surface area contributed by atoms with Crippen molar-refractivity contribution in [2.24, 2.45) is 0 Å². The van der Waals surface area contributed by atoms with E-state index in [-0.39, 0.29) is 11.7 Å². The monoisotopic (exact) mass is 548 g/mol. The van der Waals surface area contributed by atoms with Gasteiger partial charge in [0, 0.05) is 67.5 Å². The minimum absolute atomic E-state index is 0.0565. The molecule has 0 N–H and O–H groups in total. The summed E-state index contributed by atoms with van der Waals surface area (Å²) < 4.78 is 21.4. The van der Waals surface area contributed by atoms with Crippen molar-refractivity contribution < 1.29 is 13.9 Å². The Morgan fingerprint density at radius 3 is 2.40 bits per heavy atom. The molecule has 0 unspecified atom stereocenters. The largest absolute Gasteiger partial charge is 0.494 e. The number of hydrogen-bond donors (Lipinski definition) is 0. The lowest BCUT2D eigenvalue weighted by molar-refractivity contribution is -0.127. The Morgan fingerprint density at radius 1 is 1.00 bits per heavy atom. The molecule has 0 spiro atoms. The zero-order valence-electron chi connectivity index (χ0n) is 24.7. The number of carbonyl (C=O) groups excluding carboxylic acids is 1. The molecule has 7 heteroatoms. The van der Waals surface area contributed by atoms with Gasteiger partial charge in [-0.15, -0.1) is 0 Å². The van der Waals surface area contributed by atoms with E-state index < -0.39 is 0 Å². The second-order valence-electron chi connectivity index (χ2n) is 10.5. The fraction of sp³-hybridized carbons (Fsp3) is 0.485. The fourth-order valence-electron chi connectivity index (χ4n) is 5.62. The van der Waals surface area contributed by atoms with E-state index >= 15 is 0 Å². The first-order valence-electron chi connectivity index (χ1n) is 14.8. The number of carbonyl (C=O) groups is 1. The Kier molecular flexibility index (Phi) is 10.8. The quantitative estimate of drug-likeness (QED) is 0.260. The molecule has 4 rings (SSSR count). The van der Waals surface area contributed by atoms with Crippen molar-refractivity contribution in [1.82, 2.24) is 19.3 Å². The van der Waals surface area contributed by atoms with E-state index in [9.17, 15) is 9.18 Å². The highest BCUT2D eigenvalue weighted by Crippen LogP contribution is 2.31. The molecule has 0 radical (unpaired) electrons. The Hall–Kier alpha value is -3.16. The van der Waals surface area contributed by atoms with E-state index in [1.807, 2.05) is 36.1 Å². The summed E-state index contributed by atoms with van der Waals surface area (Å²) in [5.41, 5.74) is 4.59. The van der Waals surface area contributed by atoms with Crippen LogP contribution >= 0.6 is 0 Å². The summed E-state index contributed by atoms with van der Waals surface area (Å²) in [6.07, 6.45) is 5.70. The van der Waals surface area contributed by atoms with Gasteiger partial charge in [-0.25, -0.2) is 4.39 Å². The number of rotatable bonds is 13. The number of amides is 1. The number of fused-ring (bicyclic) bond motifs is 1.